The lowest BCUT2D eigenvalue weighted by Gasteiger charge is -2.05. The Morgan fingerprint density at radius 3 is 3.18 bits per heavy atom. The number of nitrogens with zero attached hydrogens (tertiary/aromatic N) is 4. The third-order valence-electron chi connectivity index (χ3n) is 3.09. The summed E-state index contributed by atoms with van der Waals surface area (Å²) in [5.74, 6) is 0.737. The maximum absolute atomic E-state index is 11.9. The van der Waals surface area contributed by atoms with E-state index in [1.54, 1.807) is 18.0 Å². The van der Waals surface area contributed by atoms with E-state index in [4.69, 9.17) is 4.74 Å². The Labute approximate surface area is 130 Å². The van der Waals surface area contributed by atoms with Gasteiger partial charge in [0.2, 0.25) is 10.9 Å². The van der Waals surface area contributed by atoms with E-state index in [2.05, 4.69) is 20.6 Å². The Kier molecular flexibility index (Phi) is 4.29. The summed E-state index contributed by atoms with van der Waals surface area (Å²) in [7, 11) is 1.61. The first-order valence-electron chi connectivity index (χ1n) is 6.80. The third-order valence-corrected chi connectivity index (χ3v) is 4.06. The smallest absolute Gasteiger partial charge is 0.234 e. The van der Waals surface area contributed by atoms with Crippen molar-refractivity contribution in [2.75, 3.05) is 13.7 Å². The van der Waals surface area contributed by atoms with E-state index in [1.165, 1.54) is 11.3 Å². The summed E-state index contributed by atoms with van der Waals surface area (Å²) < 4.78 is 6.78. The monoisotopic (exact) mass is 317 g/mol. The van der Waals surface area contributed by atoms with Gasteiger partial charge in [-0.05, 0) is 17.7 Å². The molecule has 0 spiro atoms. The number of hydrogen-bond donors (Lipinski definition) is 1. The molecule has 8 heteroatoms. The molecule has 22 heavy (non-hydrogen) atoms. The van der Waals surface area contributed by atoms with Crippen LogP contribution in [0.1, 0.15) is 10.6 Å². The maximum atomic E-state index is 11.9. The van der Waals surface area contributed by atoms with Crippen LogP contribution >= 0.6 is 11.3 Å². The normalized spacial score (nSPS) is 10.8. The second-order valence-corrected chi connectivity index (χ2v) is 5.72. The topological polar surface area (TPSA) is 81.4 Å². The molecule has 0 bridgehead atoms. The molecule has 1 amide bonds. The van der Waals surface area contributed by atoms with Crippen LogP contribution in [0.2, 0.25) is 0 Å². The molecule has 0 fully saturated rings. The summed E-state index contributed by atoms with van der Waals surface area (Å²) in [6.07, 6.45) is 2.58. The first-order chi connectivity index (χ1) is 10.7. The minimum Gasteiger partial charge on any atom is -0.497 e. The van der Waals surface area contributed by atoms with E-state index < -0.39 is 0 Å². The molecule has 3 aromatic rings. The summed E-state index contributed by atoms with van der Waals surface area (Å²) >= 11 is 1.47. The van der Waals surface area contributed by atoms with Crippen molar-refractivity contribution in [1.29, 1.82) is 0 Å². The van der Waals surface area contributed by atoms with Crippen molar-refractivity contribution in [2.45, 2.75) is 12.8 Å². The Bertz CT molecular complexity index is 754. The fraction of sp³-hybridized carbons (Fsp3) is 0.286. The Morgan fingerprint density at radius 1 is 1.45 bits per heavy atom. The fourth-order valence-electron chi connectivity index (χ4n) is 2.04. The van der Waals surface area contributed by atoms with Gasteiger partial charge in [-0.2, -0.15) is 9.61 Å². The fourth-order valence-corrected chi connectivity index (χ4v) is 2.85. The molecule has 1 aromatic carbocycles. The number of methoxy groups -OCH3 is 1. The van der Waals surface area contributed by atoms with Crippen LogP contribution in [0.15, 0.2) is 30.6 Å². The van der Waals surface area contributed by atoms with Crippen LogP contribution in [-0.4, -0.2) is 39.4 Å². The molecule has 3 rings (SSSR count). The van der Waals surface area contributed by atoms with Crippen molar-refractivity contribution in [1.82, 2.24) is 25.1 Å². The number of rotatable bonds is 6. The van der Waals surface area contributed by atoms with E-state index >= 15 is 0 Å². The standard InChI is InChI=1S/C14H15N5O2S/c1-21-11-4-2-3-10(7-11)8-12(20)15-6-5-13-18-19-9-16-17-14(19)22-13/h2-4,7,9H,5-6,8H2,1H3,(H,15,20). The van der Waals surface area contributed by atoms with Crippen LogP contribution in [0.4, 0.5) is 0 Å². The van der Waals surface area contributed by atoms with Crippen molar-refractivity contribution in [3.63, 3.8) is 0 Å². The Hall–Kier alpha value is -2.48. The van der Waals surface area contributed by atoms with E-state index in [1.807, 2.05) is 24.3 Å². The molecule has 114 valence electrons. The molecule has 1 N–H and O–H groups in total. The number of fused-ring (bicyclic) bond motifs is 1. The first kappa shape index (κ1) is 14.5. The molecule has 0 aliphatic carbocycles. The minimum absolute atomic E-state index is 0.0174. The molecule has 0 saturated carbocycles. The van der Waals surface area contributed by atoms with Crippen LogP contribution in [-0.2, 0) is 17.6 Å². The number of nitrogens with one attached hydrogen (secondary N) is 1. The second-order valence-electron chi connectivity index (χ2n) is 4.68. The molecular weight excluding hydrogens is 302 g/mol. The van der Waals surface area contributed by atoms with E-state index in [0.717, 1.165) is 21.3 Å². The minimum atomic E-state index is -0.0174. The number of ether oxygens (including phenoxy) is 1. The number of hydrogen-bond acceptors (Lipinski definition) is 6. The number of aromatic nitrogens is 4. The van der Waals surface area contributed by atoms with Gasteiger partial charge in [-0.1, -0.05) is 23.5 Å². The zero-order chi connectivity index (χ0) is 15.4. The zero-order valence-corrected chi connectivity index (χ0v) is 12.8. The van der Waals surface area contributed by atoms with E-state index in [9.17, 15) is 4.79 Å². The van der Waals surface area contributed by atoms with Gasteiger partial charge >= 0.3 is 0 Å². The SMILES string of the molecule is COc1cccc(CC(=O)NCCc2nn3cnnc3s2)c1. The zero-order valence-electron chi connectivity index (χ0n) is 12.0. The molecule has 0 aliphatic rings. The summed E-state index contributed by atoms with van der Waals surface area (Å²) in [6.45, 7) is 0.549. The largest absolute Gasteiger partial charge is 0.497 e. The number of amides is 1. The van der Waals surface area contributed by atoms with Gasteiger partial charge in [0.05, 0.1) is 13.5 Å². The van der Waals surface area contributed by atoms with Crippen LogP contribution in [0.3, 0.4) is 0 Å². The van der Waals surface area contributed by atoms with Crippen molar-refractivity contribution in [3.8, 4) is 5.75 Å². The second kappa shape index (κ2) is 6.52. The van der Waals surface area contributed by atoms with Crippen LogP contribution in [0.5, 0.6) is 5.75 Å². The Morgan fingerprint density at radius 2 is 2.36 bits per heavy atom. The quantitative estimate of drug-likeness (QED) is 0.736. The van der Waals surface area contributed by atoms with E-state index in [0.29, 0.717) is 19.4 Å². The average Bonchev–Trinajstić information content (AvgIpc) is 3.08. The van der Waals surface area contributed by atoms with E-state index in [-0.39, 0.29) is 5.91 Å². The van der Waals surface area contributed by atoms with Gasteiger partial charge in [0.15, 0.2) is 0 Å². The highest BCUT2D eigenvalue weighted by atomic mass is 32.1. The van der Waals surface area contributed by atoms with Crippen molar-refractivity contribution >= 4 is 22.2 Å². The summed E-state index contributed by atoms with van der Waals surface area (Å²) in [4.78, 5) is 12.7. The predicted molar refractivity (Wildman–Crippen MR) is 82.1 cm³/mol. The van der Waals surface area contributed by atoms with Crippen molar-refractivity contribution in [3.05, 3.63) is 41.2 Å². The van der Waals surface area contributed by atoms with Gasteiger partial charge in [0.1, 0.15) is 17.1 Å². The third kappa shape index (κ3) is 3.40. The van der Waals surface area contributed by atoms with Gasteiger partial charge in [0, 0.05) is 13.0 Å². The predicted octanol–water partition coefficient (Wildman–Crippen LogP) is 1.10. The molecule has 7 nitrogen and oxygen atoms in total. The van der Waals surface area contributed by atoms with Crippen molar-refractivity contribution < 1.29 is 9.53 Å². The lowest BCUT2D eigenvalue weighted by atomic mass is 10.1. The highest BCUT2D eigenvalue weighted by Crippen LogP contribution is 2.13. The van der Waals surface area contributed by atoms with Gasteiger partial charge in [-0.15, -0.1) is 10.2 Å². The van der Waals surface area contributed by atoms with Crippen molar-refractivity contribution in [2.24, 2.45) is 0 Å². The van der Waals surface area contributed by atoms with Gasteiger partial charge < -0.3 is 10.1 Å². The lowest BCUT2D eigenvalue weighted by molar-refractivity contribution is -0.120. The molecule has 0 aliphatic heterocycles. The first-order valence-corrected chi connectivity index (χ1v) is 7.61. The van der Waals surface area contributed by atoms with Gasteiger partial charge in [0.25, 0.3) is 0 Å². The number of carbonyl (C=O) groups excluding carboxylic acids is 1. The number of benzene rings is 1. The molecule has 0 saturated heterocycles. The summed E-state index contributed by atoms with van der Waals surface area (Å²) in [6, 6.07) is 7.50. The van der Waals surface area contributed by atoms with Gasteiger partial charge in [-0.3, -0.25) is 4.79 Å². The lowest BCUT2D eigenvalue weighted by Crippen LogP contribution is -2.27. The van der Waals surface area contributed by atoms with Crippen LogP contribution in [0, 0.1) is 0 Å². The molecule has 2 heterocycles. The molecular formula is C14H15N5O2S. The highest BCUT2D eigenvalue weighted by Gasteiger charge is 2.07. The van der Waals surface area contributed by atoms with Crippen LogP contribution < -0.4 is 10.1 Å². The molecule has 0 unspecified atom stereocenters. The van der Waals surface area contributed by atoms with Gasteiger partial charge in [-0.25, -0.2) is 0 Å². The van der Waals surface area contributed by atoms with Crippen LogP contribution in [0.25, 0.3) is 4.96 Å². The molecule has 2 aromatic heterocycles. The number of carbonyl (C=O) groups is 1. The maximum Gasteiger partial charge on any atom is 0.234 e. The Balaban J connectivity index is 1.48. The summed E-state index contributed by atoms with van der Waals surface area (Å²) in [5.41, 5.74) is 0.927. The average molecular weight is 317 g/mol. The molecule has 0 atom stereocenters. The highest BCUT2D eigenvalue weighted by molar-refractivity contribution is 7.16. The molecule has 0 radical (unpaired) electrons. The summed E-state index contributed by atoms with van der Waals surface area (Å²) in [5, 5.41) is 15.8.